The zero-order chi connectivity index (χ0) is 10.7. The molecule has 0 saturated carbocycles. The molecule has 80 valence electrons. The summed E-state index contributed by atoms with van der Waals surface area (Å²) >= 11 is 3.42. The molecule has 15 heavy (non-hydrogen) atoms. The van der Waals surface area contributed by atoms with E-state index in [-0.39, 0.29) is 6.04 Å². The van der Waals surface area contributed by atoms with Gasteiger partial charge in [-0.1, -0.05) is 28.1 Å². The summed E-state index contributed by atoms with van der Waals surface area (Å²) in [5, 5.41) is 3.25. The number of benzene rings is 1. The van der Waals surface area contributed by atoms with Gasteiger partial charge in [-0.2, -0.15) is 0 Å². The minimum Gasteiger partial charge on any atom is -0.307 e. The Morgan fingerprint density at radius 3 is 2.73 bits per heavy atom. The number of carbonyl (C=O) groups is 1. The monoisotopic (exact) mass is 267 g/mol. The molecular formula is C12H14BrNO. The van der Waals surface area contributed by atoms with Crippen molar-refractivity contribution in [2.45, 2.75) is 24.8 Å². The molecule has 0 radical (unpaired) electrons. The van der Waals surface area contributed by atoms with Gasteiger partial charge in [-0.25, -0.2) is 0 Å². The Labute approximate surface area is 98.2 Å². The van der Waals surface area contributed by atoms with E-state index in [1.807, 2.05) is 12.1 Å². The van der Waals surface area contributed by atoms with Gasteiger partial charge in [-0.05, 0) is 37.1 Å². The van der Waals surface area contributed by atoms with Crippen LogP contribution in [0, 0.1) is 0 Å². The van der Waals surface area contributed by atoms with E-state index in [0.717, 1.165) is 30.1 Å². The topological polar surface area (TPSA) is 29.1 Å². The van der Waals surface area contributed by atoms with Gasteiger partial charge in [0.2, 0.25) is 0 Å². The number of nitrogens with one attached hydrogen (secondary N) is 1. The van der Waals surface area contributed by atoms with Crippen LogP contribution in [0.25, 0.3) is 0 Å². The molecule has 1 N–H and O–H groups in total. The number of hydrogen-bond acceptors (Lipinski definition) is 2. The number of hydrogen-bond donors (Lipinski definition) is 1. The Hall–Kier alpha value is -0.670. The van der Waals surface area contributed by atoms with Crippen LogP contribution in [0.1, 0.15) is 24.3 Å². The van der Waals surface area contributed by atoms with Crippen LogP contribution in [-0.2, 0) is 4.79 Å². The van der Waals surface area contributed by atoms with Gasteiger partial charge in [0.05, 0.1) is 6.04 Å². The molecule has 1 aromatic rings. The first-order valence-electron chi connectivity index (χ1n) is 5.25. The largest absolute Gasteiger partial charge is 0.307 e. The van der Waals surface area contributed by atoms with Crippen molar-refractivity contribution < 1.29 is 4.79 Å². The third-order valence-corrected chi connectivity index (χ3v) is 3.48. The van der Waals surface area contributed by atoms with Crippen molar-refractivity contribution >= 4 is 22.2 Å². The van der Waals surface area contributed by atoms with E-state index >= 15 is 0 Å². The molecule has 1 aliphatic heterocycles. The molecule has 1 aromatic carbocycles. The molecule has 0 amide bonds. The second kappa shape index (κ2) is 4.90. The molecule has 2 rings (SSSR count). The summed E-state index contributed by atoms with van der Waals surface area (Å²) in [6, 6.07) is 8.24. The van der Waals surface area contributed by atoms with E-state index in [1.165, 1.54) is 5.56 Å². The fourth-order valence-corrected chi connectivity index (χ4v) is 2.40. The number of piperidine rings is 1. The normalized spacial score (nSPS) is 26.2. The molecule has 1 saturated heterocycles. The first kappa shape index (κ1) is 10.8. The van der Waals surface area contributed by atoms with Crippen LogP contribution in [0.3, 0.4) is 0 Å². The van der Waals surface area contributed by atoms with Gasteiger partial charge in [0.15, 0.2) is 0 Å². The van der Waals surface area contributed by atoms with Crippen molar-refractivity contribution in [3.63, 3.8) is 0 Å². The summed E-state index contributed by atoms with van der Waals surface area (Å²) in [6.45, 7) is 0.955. The minimum absolute atomic E-state index is 0.0140. The maximum Gasteiger partial charge on any atom is 0.137 e. The molecule has 0 aliphatic carbocycles. The Kier molecular flexibility index (Phi) is 3.54. The number of aldehydes is 1. The summed E-state index contributed by atoms with van der Waals surface area (Å²) in [5.41, 5.74) is 1.25. The van der Waals surface area contributed by atoms with Gasteiger partial charge in [0.1, 0.15) is 6.29 Å². The average molecular weight is 268 g/mol. The Bertz CT molecular complexity index is 336. The quantitative estimate of drug-likeness (QED) is 0.835. The second-order valence-electron chi connectivity index (χ2n) is 3.92. The zero-order valence-electron chi connectivity index (χ0n) is 8.45. The predicted octanol–water partition coefficient (Wildman–Crippen LogP) is 2.48. The van der Waals surface area contributed by atoms with E-state index in [9.17, 15) is 4.79 Å². The van der Waals surface area contributed by atoms with Crippen LogP contribution in [0.15, 0.2) is 28.7 Å². The van der Waals surface area contributed by atoms with Crippen molar-refractivity contribution in [1.29, 1.82) is 0 Å². The summed E-state index contributed by atoms with van der Waals surface area (Å²) < 4.78 is 1.08. The summed E-state index contributed by atoms with van der Waals surface area (Å²) in [4.78, 5) is 10.9. The van der Waals surface area contributed by atoms with E-state index in [1.54, 1.807) is 0 Å². The number of halogens is 1. The lowest BCUT2D eigenvalue weighted by molar-refractivity contribution is -0.110. The first-order chi connectivity index (χ1) is 7.31. The second-order valence-corrected chi connectivity index (χ2v) is 4.83. The zero-order valence-corrected chi connectivity index (χ0v) is 10.0. The predicted molar refractivity (Wildman–Crippen MR) is 64.0 cm³/mol. The standard InChI is InChI=1S/C12H14BrNO/c13-10-5-3-9(4-6-10)11-2-1-7-14-12(11)8-15/h3-6,8,11-12,14H,1-2,7H2. The lowest BCUT2D eigenvalue weighted by Gasteiger charge is -2.29. The highest BCUT2D eigenvalue weighted by molar-refractivity contribution is 9.10. The van der Waals surface area contributed by atoms with Crippen LogP contribution in [-0.4, -0.2) is 18.9 Å². The van der Waals surface area contributed by atoms with Gasteiger partial charge in [0.25, 0.3) is 0 Å². The van der Waals surface area contributed by atoms with Gasteiger partial charge in [-0.3, -0.25) is 0 Å². The molecular weight excluding hydrogens is 254 g/mol. The van der Waals surface area contributed by atoms with Crippen LogP contribution in [0.4, 0.5) is 0 Å². The van der Waals surface area contributed by atoms with Crippen LogP contribution >= 0.6 is 15.9 Å². The van der Waals surface area contributed by atoms with Gasteiger partial charge in [0, 0.05) is 10.4 Å². The van der Waals surface area contributed by atoms with E-state index < -0.39 is 0 Å². The third-order valence-electron chi connectivity index (χ3n) is 2.95. The van der Waals surface area contributed by atoms with Crippen LogP contribution in [0.2, 0.25) is 0 Å². The van der Waals surface area contributed by atoms with Gasteiger partial charge < -0.3 is 10.1 Å². The molecule has 2 atom stereocenters. The number of carbonyl (C=O) groups excluding carboxylic acids is 1. The highest BCUT2D eigenvalue weighted by Crippen LogP contribution is 2.28. The van der Waals surface area contributed by atoms with E-state index in [0.29, 0.717) is 5.92 Å². The highest BCUT2D eigenvalue weighted by atomic mass is 79.9. The molecule has 2 nitrogen and oxygen atoms in total. The van der Waals surface area contributed by atoms with Gasteiger partial charge in [-0.15, -0.1) is 0 Å². The molecule has 2 unspecified atom stereocenters. The molecule has 0 aromatic heterocycles. The lowest BCUT2D eigenvalue weighted by Crippen LogP contribution is -2.41. The van der Waals surface area contributed by atoms with Crippen molar-refractivity contribution in [3.05, 3.63) is 34.3 Å². The Balaban J connectivity index is 2.20. The van der Waals surface area contributed by atoms with Gasteiger partial charge >= 0.3 is 0 Å². The smallest absolute Gasteiger partial charge is 0.137 e. The van der Waals surface area contributed by atoms with Crippen LogP contribution in [0.5, 0.6) is 0 Å². The maximum atomic E-state index is 10.9. The van der Waals surface area contributed by atoms with E-state index in [2.05, 4.69) is 33.4 Å². The van der Waals surface area contributed by atoms with E-state index in [4.69, 9.17) is 0 Å². The molecule has 0 spiro atoms. The molecule has 1 heterocycles. The van der Waals surface area contributed by atoms with Crippen LogP contribution < -0.4 is 5.32 Å². The molecule has 0 bridgehead atoms. The highest BCUT2D eigenvalue weighted by Gasteiger charge is 2.25. The molecule has 3 heteroatoms. The van der Waals surface area contributed by atoms with Crippen molar-refractivity contribution in [3.8, 4) is 0 Å². The summed E-state index contributed by atoms with van der Waals surface area (Å²) in [7, 11) is 0. The first-order valence-corrected chi connectivity index (χ1v) is 6.04. The number of rotatable bonds is 2. The maximum absolute atomic E-state index is 10.9. The summed E-state index contributed by atoms with van der Waals surface area (Å²) in [6.07, 6.45) is 3.27. The van der Waals surface area contributed by atoms with Crippen molar-refractivity contribution in [1.82, 2.24) is 5.32 Å². The summed E-state index contributed by atoms with van der Waals surface area (Å²) in [5.74, 6) is 0.337. The molecule has 1 fully saturated rings. The lowest BCUT2D eigenvalue weighted by atomic mass is 9.85. The third kappa shape index (κ3) is 2.47. The Morgan fingerprint density at radius 1 is 1.33 bits per heavy atom. The fourth-order valence-electron chi connectivity index (χ4n) is 2.14. The fraction of sp³-hybridized carbons (Fsp3) is 0.417. The molecule has 1 aliphatic rings. The van der Waals surface area contributed by atoms with Crippen molar-refractivity contribution in [2.75, 3.05) is 6.54 Å². The SMILES string of the molecule is O=CC1NCCCC1c1ccc(Br)cc1. The van der Waals surface area contributed by atoms with Crippen molar-refractivity contribution in [2.24, 2.45) is 0 Å². The minimum atomic E-state index is -0.0140. The average Bonchev–Trinajstić information content (AvgIpc) is 2.30. The Morgan fingerprint density at radius 2 is 2.07 bits per heavy atom.